The van der Waals surface area contributed by atoms with Gasteiger partial charge in [0.15, 0.2) is 5.82 Å². The minimum atomic E-state index is -0.535. The molecule has 1 aromatic heterocycles. The first-order valence-electron chi connectivity index (χ1n) is 9.69. The van der Waals surface area contributed by atoms with E-state index in [2.05, 4.69) is 20.8 Å². The predicted molar refractivity (Wildman–Crippen MR) is 103 cm³/mol. The predicted octanol–water partition coefficient (Wildman–Crippen LogP) is 1.54. The van der Waals surface area contributed by atoms with Crippen LogP contribution in [0.5, 0.6) is 0 Å². The van der Waals surface area contributed by atoms with Crippen molar-refractivity contribution in [1.29, 1.82) is 0 Å². The second kappa shape index (κ2) is 10.0. The van der Waals surface area contributed by atoms with E-state index in [-0.39, 0.29) is 24.2 Å². The van der Waals surface area contributed by atoms with Crippen LogP contribution in [-0.4, -0.2) is 53.0 Å². The molecule has 2 aliphatic rings. The number of carbonyl (C=O) groups is 2. The number of halogens is 1. The van der Waals surface area contributed by atoms with Gasteiger partial charge < -0.3 is 20.1 Å². The molecule has 0 unspecified atom stereocenters. The van der Waals surface area contributed by atoms with Crippen LogP contribution in [0.25, 0.3) is 0 Å². The molecule has 1 aliphatic heterocycles. The van der Waals surface area contributed by atoms with Crippen molar-refractivity contribution in [2.75, 3.05) is 26.2 Å². The maximum absolute atomic E-state index is 12.3. The number of piperazine rings is 1. The van der Waals surface area contributed by atoms with Crippen LogP contribution in [0, 0.1) is 0 Å². The van der Waals surface area contributed by atoms with E-state index in [1.807, 2.05) is 4.90 Å². The Balaban J connectivity index is 0.00000261. The van der Waals surface area contributed by atoms with Crippen LogP contribution < -0.4 is 10.6 Å². The second-order valence-corrected chi connectivity index (χ2v) is 7.32. The molecule has 2 N–H and O–H groups in total. The van der Waals surface area contributed by atoms with Crippen molar-refractivity contribution in [3.8, 4) is 0 Å². The lowest BCUT2D eigenvalue weighted by molar-refractivity contribution is -0.131. The Morgan fingerprint density at radius 2 is 1.85 bits per heavy atom. The van der Waals surface area contributed by atoms with Crippen LogP contribution in [0.15, 0.2) is 4.52 Å². The Bertz CT molecular complexity index is 622. The summed E-state index contributed by atoms with van der Waals surface area (Å²) in [5.41, 5.74) is -0.535. The number of nitrogens with zero attached hydrogens (tertiary/aromatic N) is 3. The first-order valence-corrected chi connectivity index (χ1v) is 9.69. The number of aromatic nitrogens is 2. The molecule has 2 amide bonds. The highest BCUT2D eigenvalue weighted by molar-refractivity contribution is 5.85. The first kappa shape index (κ1) is 21.6. The summed E-state index contributed by atoms with van der Waals surface area (Å²) < 4.78 is 5.41. The highest BCUT2D eigenvalue weighted by Crippen LogP contribution is 2.34. The zero-order valence-electron chi connectivity index (χ0n) is 16.0. The van der Waals surface area contributed by atoms with Crippen LogP contribution in [-0.2, 0) is 21.5 Å². The fraction of sp³-hybridized carbons (Fsp3) is 0.778. The molecular formula is C18H30ClN5O3. The lowest BCUT2D eigenvalue weighted by atomic mass is 9.89. The second-order valence-electron chi connectivity index (χ2n) is 7.32. The summed E-state index contributed by atoms with van der Waals surface area (Å²) >= 11 is 0. The molecule has 0 spiro atoms. The van der Waals surface area contributed by atoms with Crippen molar-refractivity contribution in [3.63, 3.8) is 0 Å². The van der Waals surface area contributed by atoms with E-state index in [4.69, 9.17) is 4.52 Å². The average Bonchev–Trinajstić information content (AvgIpc) is 3.00. The summed E-state index contributed by atoms with van der Waals surface area (Å²) in [6.07, 6.45) is 6.84. The number of amides is 2. The Kier molecular flexibility index (Phi) is 8.04. The van der Waals surface area contributed by atoms with Crippen molar-refractivity contribution in [1.82, 2.24) is 25.7 Å². The van der Waals surface area contributed by atoms with E-state index in [1.165, 1.54) is 6.92 Å². The number of rotatable bonds is 5. The Labute approximate surface area is 166 Å². The molecule has 2 fully saturated rings. The van der Waals surface area contributed by atoms with E-state index >= 15 is 0 Å². The monoisotopic (exact) mass is 399 g/mol. The summed E-state index contributed by atoms with van der Waals surface area (Å²) in [5, 5.41) is 10.5. The molecule has 1 saturated heterocycles. The van der Waals surface area contributed by atoms with Crippen LogP contribution in [0.4, 0.5) is 0 Å². The van der Waals surface area contributed by atoms with Gasteiger partial charge in [-0.05, 0) is 12.8 Å². The summed E-state index contributed by atoms with van der Waals surface area (Å²) in [7, 11) is 0. The third kappa shape index (κ3) is 5.65. The van der Waals surface area contributed by atoms with Gasteiger partial charge in [-0.2, -0.15) is 4.98 Å². The highest BCUT2D eigenvalue weighted by Gasteiger charge is 2.38. The van der Waals surface area contributed by atoms with Gasteiger partial charge >= 0.3 is 0 Å². The number of hydrogen-bond donors (Lipinski definition) is 2. The normalized spacial score (nSPS) is 19.7. The van der Waals surface area contributed by atoms with E-state index < -0.39 is 5.54 Å². The van der Waals surface area contributed by atoms with Crippen molar-refractivity contribution in [2.45, 2.75) is 63.8 Å². The topological polar surface area (TPSA) is 100 Å². The number of nitrogens with one attached hydrogen (secondary N) is 2. The van der Waals surface area contributed by atoms with Crippen molar-refractivity contribution in [3.05, 3.63) is 11.7 Å². The molecule has 0 aromatic carbocycles. The fourth-order valence-corrected chi connectivity index (χ4v) is 3.91. The number of carbonyl (C=O) groups excluding carboxylic acids is 2. The zero-order chi connectivity index (χ0) is 18.4. The van der Waals surface area contributed by atoms with Gasteiger partial charge in [0.2, 0.25) is 17.7 Å². The quantitative estimate of drug-likeness (QED) is 0.728. The van der Waals surface area contributed by atoms with E-state index in [0.29, 0.717) is 24.6 Å². The SMILES string of the molecule is CC(=O)NC1(c2noc(CCC(=O)N3CCNCC3)n2)CCCCCC1.Cl. The maximum atomic E-state index is 12.3. The molecule has 1 aliphatic carbocycles. The minimum absolute atomic E-state index is 0. The van der Waals surface area contributed by atoms with Crippen LogP contribution in [0.1, 0.15) is 63.6 Å². The van der Waals surface area contributed by atoms with Gasteiger partial charge in [-0.25, -0.2) is 0 Å². The minimum Gasteiger partial charge on any atom is -0.343 e. The third-order valence-electron chi connectivity index (χ3n) is 5.29. The van der Waals surface area contributed by atoms with Gasteiger partial charge in [-0.1, -0.05) is 30.8 Å². The van der Waals surface area contributed by atoms with Crippen LogP contribution >= 0.6 is 12.4 Å². The summed E-state index contributed by atoms with van der Waals surface area (Å²) in [4.78, 5) is 30.4. The standard InChI is InChI=1S/C18H29N5O3.ClH/c1-14(24)21-18(8-4-2-3-5-9-18)17-20-15(26-22-17)6-7-16(25)23-12-10-19-11-13-23;/h19H,2-13H2,1H3,(H,21,24);1H. The zero-order valence-corrected chi connectivity index (χ0v) is 16.8. The maximum Gasteiger partial charge on any atom is 0.227 e. The molecule has 3 rings (SSSR count). The fourth-order valence-electron chi connectivity index (χ4n) is 3.91. The van der Waals surface area contributed by atoms with Crippen molar-refractivity contribution in [2.24, 2.45) is 0 Å². The van der Waals surface area contributed by atoms with E-state index in [0.717, 1.165) is 64.7 Å². The lowest BCUT2D eigenvalue weighted by Gasteiger charge is -2.30. The molecule has 1 saturated carbocycles. The van der Waals surface area contributed by atoms with Crippen LogP contribution in [0.2, 0.25) is 0 Å². The molecule has 27 heavy (non-hydrogen) atoms. The van der Waals surface area contributed by atoms with E-state index in [9.17, 15) is 9.59 Å². The van der Waals surface area contributed by atoms with Gasteiger partial charge in [-0.15, -0.1) is 12.4 Å². The molecule has 8 nitrogen and oxygen atoms in total. The van der Waals surface area contributed by atoms with Gasteiger partial charge in [-0.3, -0.25) is 9.59 Å². The Hall–Kier alpha value is -1.67. The molecule has 152 valence electrons. The molecule has 0 bridgehead atoms. The first-order chi connectivity index (χ1) is 12.6. The molecule has 0 atom stereocenters. The largest absolute Gasteiger partial charge is 0.343 e. The highest BCUT2D eigenvalue weighted by atomic mass is 35.5. The third-order valence-corrected chi connectivity index (χ3v) is 5.29. The molecule has 0 radical (unpaired) electrons. The summed E-state index contributed by atoms with van der Waals surface area (Å²) in [6.45, 7) is 4.71. The van der Waals surface area contributed by atoms with Crippen LogP contribution in [0.3, 0.4) is 0 Å². The number of aryl methyl sites for hydroxylation is 1. The average molecular weight is 400 g/mol. The van der Waals surface area contributed by atoms with Crippen molar-refractivity contribution < 1.29 is 14.1 Å². The molecule has 1 aromatic rings. The van der Waals surface area contributed by atoms with Gasteiger partial charge in [0.05, 0.1) is 0 Å². The summed E-state index contributed by atoms with van der Waals surface area (Å²) in [5.74, 6) is 1.07. The molecular weight excluding hydrogens is 370 g/mol. The molecule has 2 heterocycles. The van der Waals surface area contributed by atoms with E-state index in [1.54, 1.807) is 0 Å². The van der Waals surface area contributed by atoms with Gasteiger partial charge in [0, 0.05) is 45.9 Å². The van der Waals surface area contributed by atoms with Gasteiger partial charge in [0.25, 0.3) is 0 Å². The molecule has 9 heteroatoms. The summed E-state index contributed by atoms with van der Waals surface area (Å²) in [6, 6.07) is 0. The van der Waals surface area contributed by atoms with Gasteiger partial charge in [0.1, 0.15) is 5.54 Å². The lowest BCUT2D eigenvalue weighted by Crippen LogP contribution is -2.46. The van der Waals surface area contributed by atoms with Crippen molar-refractivity contribution >= 4 is 24.2 Å². The Morgan fingerprint density at radius 3 is 2.48 bits per heavy atom. The number of hydrogen-bond acceptors (Lipinski definition) is 6. The Morgan fingerprint density at radius 1 is 1.19 bits per heavy atom. The smallest absolute Gasteiger partial charge is 0.227 e.